The maximum atomic E-state index is 14.3. The van der Waals surface area contributed by atoms with Crippen LogP contribution in [0.15, 0.2) is 25.3 Å². The molecule has 70 heavy (non-hydrogen) atoms. The van der Waals surface area contributed by atoms with E-state index in [4.69, 9.17) is 56.5 Å². The molecule has 392 valence electrons. The van der Waals surface area contributed by atoms with E-state index in [0.717, 1.165) is 51.4 Å². The highest BCUT2D eigenvalue weighted by atomic mass is 35.5. The molecule has 0 amide bonds. The predicted octanol–water partition coefficient (Wildman–Crippen LogP) is 5.10. The van der Waals surface area contributed by atoms with Crippen molar-refractivity contribution in [2.24, 2.45) is 0 Å². The van der Waals surface area contributed by atoms with Gasteiger partial charge in [0.25, 0.3) is 0 Å². The van der Waals surface area contributed by atoms with Gasteiger partial charge in [0.15, 0.2) is 22.9 Å². The van der Waals surface area contributed by atoms with Gasteiger partial charge in [-0.25, -0.2) is 40.1 Å². The lowest BCUT2D eigenvalue weighted by Gasteiger charge is -2.37. The number of rotatable bonds is 20. The molecule has 4 aromatic rings. The van der Waals surface area contributed by atoms with Gasteiger partial charge in [-0.2, -0.15) is 0 Å². The van der Waals surface area contributed by atoms with Crippen molar-refractivity contribution in [3.05, 3.63) is 25.3 Å². The number of nitrogen functional groups attached to an aromatic ring is 2. The molecule has 3 saturated carbocycles. The van der Waals surface area contributed by atoms with E-state index in [-0.39, 0.29) is 48.4 Å². The normalized spacial score (nSPS) is 16.7. The second-order valence-corrected chi connectivity index (χ2v) is 23.8. The fraction of sp³-hybridized carbons (Fsp3) is 0.690. The largest absolute Gasteiger partial charge is 0.461 e. The standard InChI is InChI=1S/C25H40N7O6P.C9H14N5O4P.C8H13ClO2.H3N/c1-16(12-32-14-29-19-20(26)27-13-28-21(19)32)36-15-39(35,30-24(2,3)22(33)37-17-8-6-9-17)31-25(4,5)23(34)38-18-10-7-11-18;1-6(18-5-19(15,16)17)2-14-4-13-7-8(10)11-3-12-9(7)14;1-8(2,9)7(10)11-6-4-3-5-6;/h13-14,16-18H,6-12,15H2,1-5H3,(H2,26,27,28)(H2,30,31,35);3-4,6H,2,5H2,1H3,(H2,10,11,12)(H2,15,16,17);6H,3-5H2,1-2H3;1H3/t16-;6-;;/m11../s1. The van der Waals surface area contributed by atoms with Gasteiger partial charge in [0, 0.05) is 0 Å². The summed E-state index contributed by atoms with van der Waals surface area (Å²) in [6.45, 7) is 13.9. The monoisotopic (exact) mass is 1050 g/mol. The van der Waals surface area contributed by atoms with Gasteiger partial charge in [0.2, 0.25) is 7.44 Å². The van der Waals surface area contributed by atoms with E-state index in [9.17, 15) is 23.5 Å². The minimum absolute atomic E-state index is 0. The minimum Gasteiger partial charge on any atom is -0.461 e. The molecule has 11 N–H and O–H groups in total. The van der Waals surface area contributed by atoms with Crippen molar-refractivity contribution in [3.8, 4) is 0 Å². The first kappa shape index (κ1) is 58.2. The Morgan fingerprint density at radius 2 is 1.03 bits per heavy atom. The highest BCUT2D eigenvalue weighted by Gasteiger charge is 2.44. The van der Waals surface area contributed by atoms with E-state index in [1.165, 1.54) is 25.4 Å². The maximum absolute atomic E-state index is 14.3. The van der Waals surface area contributed by atoms with Crippen LogP contribution in [0.3, 0.4) is 0 Å². The van der Waals surface area contributed by atoms with E-state index >= 15 is 0 Å². The SMILES string of the molecule is CC(C)(Cl)C(=O)OC1CCC1.C[C@H](Cn1cnc2c(N)ncnc21)OCP(=O)(NC(C)(C)C(=O)OC1CCC1)NC(C)(C)C(=O)OC1CCC1.C[C@H](Cn1cnc2c(N)ncnc21)OCP(=O)(O)O.N. The average molecular weight is 1050 g/mol. The molecule has 4 aromatic heterocycles. The van der Waals surface area contributed by atoms with Crippen molar-refractivity contribution in [2.45, 2.75) is 173 Å². The number of carbonyl (C=O) groups excluding carboxylic acids is 3. The Bertz CT molecular complexity index is 2440. The Kier molecular flexibility index (Phi) is 20.2. The van der Waals surface area contributed by atoms with Crippen molar-refractivity contribution in [2.75, 3.05) is 24.2 Å². The van der Waals surface area contributed by atoms with Crippen molar-refractivity contribution in [3.63, 3.8) is 0 Å². The predicted molar refractivity (Wildman–Crippen MR) is 261 cm³/mol. The molecular weight excluding hydrogens is 976 g/mol. The fourth-order valence-electron chi connectivity index (χ4n) is 6.62. The van der Waals surface area contributed by atoms with Gasteiger partial charge in [-0.1, -0.05) is 0 Å². The number of halogens is 1. The molecule has 0 aromatic carbocycles. The summed E-state index contributed by atoms with van der Waals surface area (Å²) in [5.41, 5.74) is 11.0. The van der Waals surface area contributed by atoms with E-state index < -0.39 is 61.5 Å². The van der Waals surface area contributed by atoms with Crippen LogP contribution < -0.4 is 27.8 Å². The van der Waals surface area contributed by atoms with E-state index in [1.54, 1.807) is 63.9 Å². The number of esters is 3. The lowest BCUT2D eigenvalue weighted by Crippen LogP contribution is -2.55. The number of hydrogen-bond donors (Lipinski definition) is 7. The maximum Gasteiger partial charge on any atom is 0.350 e. The van der Waals surface area contributed by atoms with Crippen LogP contribution >= 0.6 is 26.6 Å². The summed E-state index contributed by atoms with van der Waals surface area (Å²) in [7, 11) is -7.89. The molecule has 0 radical (unpaired) electrons. The molecule has 0 aliphatic heterocycles. The third-order valence-electron chi connectivity index (χ3n) is 11.2. The van der Waals surface area contributed by atoms with Crippen molar-refractivity contribution >= 4 is 78.5 Å². The minimum atomic E-state index is -4.16. The molecule has 3 aliphatic rings. The lowest BCUT2D eigenvalue weighted by molar-refractivity contribution is -0.159. The Hall–Kier alpha value is -4.42. The van der Waals surface area contributed by atoms with Crippen molar-refractivity contribution < 1.29 is 57.0 Å². The zero-order valence-electron chi connectivity index (χ0n) is 41.1. The molecule has 4 heterocycles. The summed E-state index contributed by atoms with van der Waals surface area (Å²) in [4.78, 5) is 78.0. The van der Waals surface area contributed by atoms with Crippen LogP contribution in [0.25, 0.3) is 22.3 Å². The summed E-state index contributed by atoms with van der Waals surface area (Å²) in [5, 5.41) is 5.90. The fourth-order valence-corrected chi connectivity index (χ4v) is 9.75. The topological polar surface area (TPSA) is 370 Å². The smallest absolute Gasteiger partial charge is 0.350 e. The van der Waals surface area contributed by atoms with E-state index in [0.29, 0.717) is 35.4 Å². The lowest BCUT2D eigenvalue weighted by atomic mass is 9.96. The van der Waals surface area contributed by atoms with Crippen LogP contribution in [0.2, 0.25) is 0 Å². The van der Waals surface area contributed by atoms with Crippen molar-refractivity contribution in [1.82, 2.24) is 55.4 Å². The van der Waals surface area contributed by atoms with Crippen LogP contribution in [-0.4, -0.2) is 126 Å². The molecule has 0 bridgehead atoms. The van der Waals surface area contributed by atoms with Gasteiger partial charge in [0.1, 0.15) is 70.6 Å². The number of nitrogens with one attached hydrogen (secondary N) is 2. The van der Waals surface area contributed by atoms with Gasteiger partial charge >= 0.3 is 25.5 Å². The number of ether oxygens (including phenoxy) is 5. The van der Waals surface area contributed by atoms with Crippen LogP contribution in [0, 0.1) is 0 Å². The number of aromatic nitrogens is 8. The Morgan fingerprint density at radius 3 is 1.36 bits per heavy atom. The van der Waals surface area contributed by atoms with Crippen molar-refractivity contribution in [1.29, 1.82) is 0 Å². The number of nitrogens with two attached hydrogens (primary N) is 2. The van der Waals surface area contributed by atoms with E-state index in [1.807, 2.05) is 6.92 Å². The number of imidazole rings is 2. The van der Waals surface area contributed by atoms with Crippen LogP contribution in [0.1, 0.15) is 113 Å². The summed E-state index contributed by atoms with van der Waals surface area (Å²) < 4.78 is 55.8. The molecule has 25 nitrogen and oxygen atoms in total. The molecule has 3 fully saturated rings. The number of nitrogens with zero attached hydrogens (tertiary/aromatic N) is 8. The number of anilines is 2. The third-order valence-corrected chi connectivity index (χ3v) is 14.2. The first-order valence-corrected chi connectivity index (χ1v) is 26.8. The van der Waals surface area contributed by atoms with Crippen LogP contribution in [0.5, 0.6) is 0 Å². The van der Waals surface area contributed by atoms with Gasteiger partial charge in [-0.05, 0) is 113 Å². The number of carbonyl (C=O) groups is 3. The van der Waals surface area contributed by atoms with Gasteiger partial charge in [-0.3, -0.25) is 23.5 Å². The Balaban J connectivity index is 0.000000282. The molecule has 28 heteroatoms. The first-order chi connectivity index (χ1) is 32.1. The highest BCUT2D eigenvalue weighted by molar-refractivity contribution is 7.59. The molecule has 0 saturated heterocycles. The average Bonchev–Trinajstić information content (AvgIpc) is 3.81. The van der Waals surface area contributed by atoms with Gasteiger partial charge < -0.3 is 60.2 Å². The van der Waals surface area contributed by atoms with Crippen LogP contribution in [-0.2, 0) is 60.3 Å². The first-order valence-electron chi connectivity index (χ1n) is 22.7. The summed E-state index contributed by atoms with van der Waals surface area (Å²) in [5.74, 6) is -0.771. The molecule has 0 spiro atoms. The quantitative estimate of drug-likeness (QED) is 0.0262. The summed E-state index contributed by atoms with van der Waals surface area (Å²) in [6, 6.07) is 0. The van der Waals surface area contributed by atoms with Gasteiger partial charge in [-0.15, -0.1) is 11.6 Å². The zero-order valence-corrected chi connectivity index (χ0v) is 43.6. The molecular formula is C42H70ClN13O12P2. The van der Waals surface area contributed by atoms with Crippen LogP contribution in [0.4, 0.5) is 11.6 Å². The summed E-state index contributed by atoms with van der Waals surface area (Å²) in [6.07, 6.45) is 12.4. The third kappa shape index (κ3) is 16.8. The molecule has 0 unspecified atom stereocenters. The highest BCUT2D eigenvalue weighted by Crippen LogP contribution is 2.43. The Morgan fingerprint density at radius 1 is 0.671 bits per heavy atom. The Labute approximate surface area is 411 Å². The second kappa shape index (κ2) is 24.3. The number of alkyl halides is 1. The second-order valence-electron chi connectivity index (χ2n) is 19.1. The number of fused-ring (bicyclic) bond motifs is 2. The number of hydrogen-bond acceptors (Lipinski definition) is 19. The molecule has 2 atom stereocenters. The van der Waals surface area contributed by atoms with Gasteiger partial charge in [0.05, 0.1) is 38.0 Å². The molecule has 3 aliphatic carbocycles. The molecule has 7 rings (SSSR count). The summed E-state index contributed by atoms with van der Waals surface area (Å²) >= 11 is 5.73. The van der Waals surface area contributed by atoms with E-state index in [2.05, 4.69) is 40.1 Å². The zero-order chi connectivity index (χ0) is 51.0.